The zero-order valence-corrected chi connectivity index (χ0v) is 13.0. The van der Waals surface area contributed by atoms with Gasteiger partial charge in [-0.15, -0.1) is 0 Å². The number of rotatable bonds is 5. The predicted molar refractivity (Wildman–Crippen MR) is 77.5 cm³/mol. The maximum atomic E-state index is 12.5. The Balaban J connectivity index is 2.02. The third-order valence-corrected chi connectivity index (χ3v) is 3.85. The van der Waals surface area contributed by atoms with Gasteiger partial charge in [-0.3, -0.25) is 9.78 Å². The van der Waals surface area contributed by atoms with Crippen LogP contribution in [-0.2, 0) is 10.5 Å². The van der Waals surface area contributed by atoms with Crippen LogP contribution in [0.5, 0.6) is 5.75 Å². The third kappa shape index (κ3) is 4.92. The number of carbonyl (C=O) groups is 1. The number of likely N-dealkylation sites (N-methyl/N-ethyl adjacent to an activating group) is 1. The van der Waals surface area contributed by atoms with Crippen molar-refractivity contribution in [2.24, 2.45) is 0 Å². The van der Waals surface area contributed by atoms with Crippen LogP contribution >= 0.6 is 0 Å². The number of carbonyl (C=O) groups excluding carboxylic acids is 1. The van der Waals surface area contributed by atoms with Gasteiger partial charge in [0.25, 0.3) is 5.91 Å². The molecule has 0 aliphatic carbocycles. The average Bonchev–Trinajstić information content (AvgIpc) is 2.46. The fourth-order valence-electron chi connectivity index (χ4n) is 2.43. The SMILES string of the molecule is CCN1CCC[C@H](NC(=O)c2cncc(OS(=O)(=O)F)c2)C1. The highest BCUT2D eigenvalue weighted by molar-refractivity contribution is 7.81. The first-order chi connectivity index (χ1) is 10.4. The monoisotopic (exact) mass is 331 g/mol. The maximum absolute atomic E-state index is 12.5. The average molecular weight is 331 g/mol. The second kappa shape index (κ2) is 7.01. The maximum Gasteiger partial charge on any atom is 0.488 e. The normalized spacial score (nSPS) is 19.6. The molecule has 9 heteroatoms. The number of hydrogen-bond donors (Lipinski definition) is 1. The lowest BCUT2D eigenvalue weighted by molar-refractivity contribution is 0.0905. The lowest BCUT2D eigenvalue weighted by atomic mass is 10.1. The van der Waals surface area contributed by atoms with Crippen LogP contribution in [0.1, 0.15) is 30.1 Å². The van der Waals surface area contributed by atoms with Crippen LogP contribution in [-0.4, -0.2) is 49.9 Å². The van der Waals surface area contributed by atoms with Crippen molar-refractivity contribution in [2.45, 2.75) is 25.8 Å². The van der Waals surface area contributed by atoms with Crippen LogP contribution in [0.4, 0.5) is 3.89 Å². The molecule has 1 aromatic heterocycles. The van der Waals surface area contributed by atoms with Crippen molar-refractivity contribution in [2.75, 3.05) is 19.6 Å². The van der Waals surface area contributed by atoms with Crippen LogP contribution in [0.3, 0.4) is 0 Å². The van der Waals surface area contributed by atoms with Crippen molar-refractivity contribution in [1.29, 1.82) is 0 Å². The first kappa shape index (κ1) is 16.6. The Bertz CT molecular complexity index is 638. The minimum atomic E-state index is -5.14. The minimum absolute atomic E-state index is 0.0238. The molecule has 0 saturated carbocycles. The van der Waals surface area contributed by atoms with Crippen molar-refractivity contribution in [1.82, 2.24) is 15.2 Å². The van der Waals surface area contributed by atoms with Crippen LogP contribution in [0.2, 0.25) is 0 Å². The summed E-state index contributed by atoms with van der Waals surface area (Å²) in [5, 5.41) is 2.87. The molecule has 0 aromatic carbocycles. The minimum Gasteiger partial charge on any atom is -0.357 e. The molecule has 1 aliphatic rings. The molecule has 1 fully saturated rings. The Morgan fingerprint density at radius 1 is 1.55 bits per heavy atom. The summed E-state index contributed by atoms with van der Waals surface area (Å²) in [4.78, 5) is 18.1. The summed E-state index contributed by atoms with van der Waals surface area (Å²) in [6.45, 7) is 4.77. The van der Waals surface area contributed by atoms with E-state index < -0.39 is 16.4 Å². The number of aromatic nitrogens is 1. The summed E-state index contributed by atoms with van der Waals surface area (Å²) in [6, 6.07) is 1.16. The van der Waals surface area contributed by atoms with Crippen molar-refractivity contribution >= 4 is 16.4 Å². The zero-order valence-electron chi connectivity index (χ0n) is 12.2. The Kier molecular flexibility index (Phi) is 5.30. The van der Waals surface area contributed by atoms with Gasteiger partial charge in [-0.25, -0.2) is 0 Å². The van der Waals surface area contributed by atoms with Gasteiger partial charge < -0.3 is 14.4 Å². The summed E-state index contributed by atoms with van der Waals surface area (Å²) in [7, 11) is -5.14. The quantitative estimate of drug-likeness (QED) is 0.806. The van der Waals surface area contributed by atoms with E-state index in [1.807, 2.05) is 0 Å². The van der Waals surface area contributed by atoms with Crippen molar-refractivity contribution in [3.05, 3.63) is 24.0 Å². The number of amides is 1. The molecule has 1 aliphatic heterocycles. The van der Waals surface area contributed by atoms with Gasteiger partial charge in [-0.2, -0.15) is 8.42 Å². The molecular weight excluding hydrogens is 313 g/mol. The highest BCUT2D eigenvalue weighted by atomic mass is 32.3. The number of hydrogen-bond acceptors (Lipinski definition) is 6. The van der Waals surface area contributed by atoms with E-state index in [1.54, 1.807) is 0 Å². The Morgan fingerprint density at radius 2 is 2.32 bits per heavy atom. The summed E-state index contributed by atoms with van der Waals surface area (Å²) in [6.07, 6.45) is 4.17. The lowest BCUT2D eigenvalue weighted by Crippen LogP contribution is -2.47. The topological polar surface area (TPSA) is 88.6 Å². The fraction of sp³-hybridized carbons (Fsp3) is 0.538. The molecule has 0 unspecified atom stereocenters. The van der Waals surface area contributed by atoms with Gasteiger partial charge in [-0.05, 0) is 32.0 Å². The predicted octanol–water partition coefficient (Wildman–Crippen LogP) is 0.889. The summed E-state index contributed by atoms with van der Waals surface area (Å²) in [5.74, 6) is -0.730. The Labute approximate surface area is 128 Å². The van der Waals surface area contributed by atoms with Crippen LogP contribution < -0.4 is 9.50 Å². The van der Waals surface area contributed by atoms with E-state index in [0.29, 0.717) is 0 Å². The molecule has 0 bridgehead atoms. The van der Waals surface area contributed by atoms with Gasteiger partial charge >= 0.3 is 10.5 Å². The van der Waals surface area contributed by atoms with Crippen molar-refractivity contribution in [3.8, 4) is 5.75 Å². The summed E-state index contributed by atoms with van der Waals surface area (Å²) < 4.78 is 37.4. The summed E-state index contributed by atoms with van der Waals surface area (Å²) >= 11 is 0. The molecule has 1 atom stereocenters. The van der Waals surface area contributed by atoms with Gasteiger partial charge in [0.2, 0.25) is 0 Å². The van der Waals surface area contributed by atoms with Gasteiger partial charge in [-0.1, -0.05) is 10.8 Å². The van der Waals surface area contributed by atoms with E-state index in [1.165, 1.54) is 6.20 Å². The van der Waals surface area contributed by atoms with E-state index in [-0.39, 0.29) is 17.4 Å². The molecule has 2 heterocycles. The van der Waals surface area contributed by atoms with Crippen LogP contribution in [0.15, 0.2) is 18.5 Å². The number of nitrogens with one attached hydrogen (secondary N) is 1. The van der Waals surface area contributed by atoms with Crippen LogP contribution in [0.25, 0.3) is 0 Å². The van der Waals surface area contributed by atoms with Gasteiger partial charge in [0.15, 0.2) is 5.75 Å². The second-order valence-corrected chi connectivity index (χ2v) is 6.04. The molecule has 1 N–H and O–H groups in total. The van der Waals surface area contributed by atoms with Crippen molar-refractivity contribution < 1.29 is 21.3 Å². The zero-order chi connectivity index (χ0) is 16.2. The van der Waals surface area contributed by atoms with E-state index in [9.17, 15) is 17.1 Å². The van der Waals surface area contributed by atoms with E-state index in [4.69, 9.17) is 0 Å². The molecule has 0 spiro atoms. The number of piperidine rings is 1. The largest absolute Gasteiger partial charge is 0.488 e. The first-order valence-electron chi connectivity index (χ1n) is 6.99. The van der Waals surface area contributed by atoms with Crippen molar-refractivity contribution in [3.63, 3.8) is 0 Å². The van der Waals surface area contributed by atoms with E-state index in [2.05, 4.69) is 26.3 Å². The highest BCUT2D eigenvalue weighted by Crippen LogP contribution is 2.15. The molecule has 7 nitrogen and oxygen atoms in total. The first-order valence-corrected chi connectivity index (χ1v) is 8.30. The Hall–Kier alpha value is -1.74. The fourth-order valence-corrected chi connectivity index (χ4v) is 2.75. The molecule has 0 radical (unpaired) electrons. The molecule has 122 valence electrons. The van der Waals surface area contributed by atoms with E-state index in [0.717, 1.165) is 44.7 Å². The van der Waals surface area contributed by atoms with E-state index >= 15 is 0 Å². The van der Waals surface area contributed by atoms with Gasteiger partial charge in [0.05, 0.1) is 11.8 Å². The number of pyridine rings is 1. The number of halogens is 1. The van der Waals surface area contributed by atoms with Gasteiger partial charge in [0.1, 0.15) is 0 Å². The summed E-state index contributed by atoms with van der Waals surface area (Å²) in [5.41, 5.74) is 0.120. The van der Waals surface area contributed by atoms with Crippen LogP contribution in [0, 0.1) is 0 Å². The Morgan fingerprint density at radius 3 is 3.00 bits per heavy atom. The second-order valence-electron chi connectivity index (χ2n) is 5.09. The molecule has 1 aromatic rings. The molecule has 22 heavy (non-hydrogen) atoms. The van der Waals surface area contributed by atoms with Gasteiger partial charge in [0, 0.05) is 18.8 Å². The number of nitrogens with zero attached hydrogens (tertiary/aromatic N) is 2. The molecule has 1 saturated heterocycles. The number of likely N-dealkylation sites (tertiary alicyclic amines) is 1. The molecule has 1 amide bonds. The molecule has 2 rings (SSSR count). The molecular formula is C13H18FN3O4S. The lowest BCUT2D eigenvalue weighted by Gasteiger charge is -2.32. The smallest absolute Gasteiger partial charge is 0.357 e. The third-order valence-electron chi connectivity index (χ3n) is 3.46. The standard InChI is InChI=1S/C13H18FN3O4S/c1-2-17-5-3-4-11(9-17)16-13(18)10-6-12(8-15-7-10)21-22(14,19)20/h6-8,11H,2-5,9H2,1H3,(H,16,18)/t11-/m0/s1. The highest BCUT2D eigenvalue weighted by Gasteiger charge is 2.21.